The third-order valence-electron chi connectivity index (χ3n) is 4.04. The number of anilines is 2. The van der Waals surface area contributed by atoms with Crippen LogP contribution in [0.25, 0.3) is 0 Å². The van der Waals surface area contributed by atoms with Gasteiger partial charge in [0, 0.05) is 37.4 Å². The molecule has 3 nitrogen and oxygen atoms in total. The van der Waals surface area contributed by atoms with E-state index >= 15 is 0 Å². The summed E-state index contributed by atoms with van der Waals surface area (Å²) in [6.07, 6.45) is 0.847. The van der Waals surface area contributed by atoms with E-state index in [0.717, 1.165) is 25.2 Å². The zero-order valence-corrected chi connectivity index (χ0v) is 11.1. The second-order valence-corrected chi connectivity index (χ2v) is 5.69. The number of nitrogens with zero attached hydrogens (tertiary/aromatic N) is 2. The van der Waals surface area contributed by atoms with Crippen LogP contribution in [0.2, 0.25) is 0 Å². The molecule has 1 aromatic rings. The molecule has 0 radical (unpaired) electrons. The third-order valence-corrected chi connectivity index (χ3v) is 4.04. The summed E-state index contributed by atoms with van der Waals surface area (Å²) in [5.41, 5.74) is 9.89. The van der Waals surface area contributed by atoms with Crippen LogP contribution in [-0.4, -0.2) is 37.5 Å². The van der Waals surface area contributed by atoms with E-state index in [9.17, 15) is 8.78 Å². The minimum atomic E-state index is -2.57. The Balaban J connectivity index is 1.98. The first-order valence-corrected chi connectivity index (χ1v) is 6.67. The number of halogens is 2. The van der Waals surface area contributed by atoms with Gasteiger partial charge >= 0.3 is 0 Å². The van der Waals surface area contributed by atoms with Gasteiger partial charge in [-0.25, -0.2) is 8.78 Å². The fourth-order valence-corrected chi connectivity index (χ4v) is 3.07. The Morgan fingerprint density at radius 2 is 2.05 bits per heavy atom. The molecule has 2 heterocycles. The molecule has 0 bridgehead atoms. The van der Waals surface area contributed by atoms with Crippen molar-refractivity contribution in [3.8, 4) is 0 Å². The van der Waals surface area contributed by atoms with Crippen LogP contribution in [-0.2, 0) is 13.0 Å². The van der Waals surface area contributed by atoms with E-state index in [1.807, 2.05) is 12.1 Å². The normalized spacial score (nSPS) is 22.6. The van der Waals surface area contributed by atoms with Crippen molar-refractivity contribution in [2.24, 2.45) is 0 Å². The molecule has 5 heteroatoms. The minimum absolute atomic E-state index is 0.0591. The van der Waals surface area contributed by atoms with Gasteiger partial charge in [0.25, 0.3) is 5.92 Å². The molecule has 19 heavy (non-hydrogen) atoms. The van der Waals surface area contributed by atoms with Crippen molar-refractivity contribution in [2.45, 2.75) is 25.3 Å². The van der Waals surface area contributed by atoms with Crippen LogP contribution in [0.15, 0.2) is 12.1 Å². The highest BCUT2D eigenvalue weighted by atomic mass is 19.3. The fraction of sp³-hybridized carbons (Fsp3) is 0.571. The number of benzene rings is 1. The van der Waals surface area contributed by atoms with Crippen LogP contribution < -0.4 is 10.6 Å². The summed E-state index contributed by atoms with van der Waals surface area (Å²) in [5.74, 6) is -2.57. The van der Waals surface area contributed by atoms with Crippen molar-refractivity contribution in [1.29, 1.82) is 0 Å². The molecule has 0 unspecified atom stereocenters. The third kappa shape index (κ3) is 2.39. The lowest BCUT2D eigenvalue weighted by molar-refractivity contribution is 0.0257. The van der Waals surface area contributed by atoms with Gasteiger partial charge < -0.3 is 15.5 Å². The van der Waals surface area contributed by atoms with Crippen molar-refractivity contribution in [2.75, 3.05) is 37.3 Å². The Morgan fingerprint density at radius 1 is 1.26 bits per heavy atom. The average molecular weight is 267 g/mol. The summed E-state index contributed by atoms with van der Waals surface area (Å²) in [5, 5.41) is 0. The maximum absolute atomic E-state index is 13.4. The maximum Gasteiger partial charge on any atom is 0.266 e. The van der Waals surface area contributed by atoms with Crippen LogP contribution in [0.1, 0.15) is 17.5 Å². The minimum Gasteiger partial charge on any atom is -0.399 e. The van der Waals surface area contributed by atoms with Crippen molar-refractivity contribution in [3.05, 3.63) is 23.3 Å². The highest BCUT2D eigenvalue weighted by Gasteiger charge is 2.39. The van der Waals surface area contributed by atoms with E-state index in [1.165, 1.54) is 11.1 Å². The van der Waals surface area contributed by atoms with Crippen LogP contribution in [0.4, 0.5) is 20.2 Å². The molecule has 2 aliphatic rings. The van der Waals surface area contributed by atoms with E-state index in [0.29, 0.717) is 12.2 Å². The Kier molecular flexibility index (Phi) is 2.89. The summed E-state index contributed by atoms with van der Waals surface area (Å²) in [6.45, 7) is 2.04. The molecule has 0 atom stereocenters. The largest absolute Gasteiger partial charge is 0.399 e. The molecule has 0 aliphatic carbocycles. The van der Waals surface area contributed by atoms with E-state index in [2.05, 4.69) is 11.9 Å². The molecule has 3 rings (SSSR count). The number of nitrogens with two attached hydrogens (primary N) is 1. The molecule has 1 aromatic carbocycles. The second-order valence-electron chi connectivity index (χ2n) is 5.69. The number of nitrogen functional groups attached to an aromatic ring is 1. The monoisotopic (exact) mass is 267 g/mol. The zero-order valence-electron chi connectivity index (χ0n) is 11.1. The summed E-state index contributed by atoms with van der Waals surface area (Å²) in [4.78, 5) is 4.02. The summed E-state index contributed by atoms with van der Waals surface area (Å²) >= 11 is 0. The molecule has 0 spiro atoms. The lowest BCUT2D eigenvalue weighted by Gasteiger charge is -2.30. The van der Waals surface area contributed by atoms with E-state index in [1.54, 1.807) is 4.90 Å². The number of likely N-dealkylation sites (N-methyl/N-ethyl adjacent to an activating group) is 1. The van der Waals surface area contributed by atoms with Gasteiger partial charge in [-0.3, -0.25) is 0 Å². The van der Waals surface area contributed by atoms with E-state index < -0.39 is 5.92 Å². The maximum atomic E-state index is 13.4. The van der Waals surface area contributed by atoms with Gasteiger partial charge in [0.15, 0.2) is 0 Å². The van der Waals surface area contributed by atoms with Gasteiger partial charge in [0.2, 0.25) is 0 Å². The first kappa shape index (κ1) is 12.7. The van der Waals surface area contributed by atoms with Gasteiger partial charge in [-0.1, -0.05) is 0 Å². The quantitative estimate of drug-likeness (QED) is 0.791. The Morgan fingerprint density at radius 3 is 2.74 bits per heavy atom. The number of fused-ring (bicyclic) bond motifs is 1. The van der Waals surface area contributed by atoms with Crippen LogP contribution in [0.5, 0.6) is 0 Å². The topological polar surface area (TPSA) is 32.5 Å². The smallest absolute Gasteiger partial charge is 0.266 e. The standard InChI is InChI=1S/C14H19F2N3/c1-18-4-2-12-10(8-18)6-11(17)7-13(12)19-5-3-14(15,16)9-19/h6-7H,2-5,8-9,17H2,1H3. The SMILES string of the molecule is CN1CCc2c(cc(N)cc2N2CCC(F)(F)C2)C1. The van der Waals surface area contributed by atoms with Crippen LogP contribution in [0.3, 0.4) is 0 Å². The summed E-state index contributed by atoms with van der Waals surface area (Å²) in [6, 6.07) is 3.83. The summed E-state index contributed by atoms with van der Waals surface area (Å²) < 4.78 is 26.8. The van der Waals surface area contributed by atoms with Crippen LogP contribution in [0, 0.1) is 0 Å². The molecular formula is C14H19F2N3. The lowest BCUT2D eigenvalue weighted by Crippen LogP contribution is -2.30. The van der Waals surface area contributed by atoms with E-state index in [-0.39, 0.29) is 13.0 Å². The number of rotatable bonds is 1. The Bertz CT molecular complexity index is 502. The summed E-state index contributed by atoms with van der Waals surface area (Å²) in [7, 11) is 2.07. The first-order valence-electron chi connectivity index (χ1n) is 6.67. The van der Waals surface area contributed by atoms with Crippen LogP contribution >= 0.6 is 0 Å². The van der Waals surface area contributed by atoms with Gasteiger partial charge in [-0.15, -0.1) is 0 Å². The lowest BCUT2D eigenvalue weighted by atomic mass is 9.96. The molecule has 1 saturated heterocycles. The molecule has 104 valence electrons. The number of hydrogen-bond acceptors (Lipinski definition) is 3. The molecule has 2 N–H and O–H groups in total. The Labute approximate surface area is 112 Å². The number of hydrogen-bond donors (Lipinski definition) is 1. The van der Waals surface area contributed by atoms with Crippen molar-refractivity contribution >= 4 is 11.4 Å². The van der Waals surface area contributed by atoms with E-state index in [4.69, 9.17) is 5.73 Å². The Hall–Kier alpha value is -1.36. The van der Waals surface area contributed by atoms with Crippen molar-refractivity contribution in [1.82, 2.24) is 4.90 Å². The van der Waals surface area contributed by atoms with Crippen molar-refractivity contribution in [3.63, 3.8) is 0 Å². The zero-order chi connectivity index (χ0) is 13.6. The predicted molar refractivity (Wildman–Crippen MR) is 72.7 cm³/mol. The second kappa shape index (κ2) is 4.34. The van der Waals surface area contributed by atoms with Gasteiger partial charge in [-0.05, 0) is 36.7 Å². The van der Waals surface area contributed by atoms with Gasteiger partial charge in [0.1, 0.15) is 0 Å². The van der Waals surface area contributed by atoms with Gasteiger partial charge in [0.05, 0.1) is 6.54 Å². The highest BCUT2D eigenvalue weighted by molar-refractivity contribution is 5.65. The molecule has 0 aromatic heterocycles. The van der Waals surface area contributed by atoms with Gasteiger partial charge in [-0.2, -0.15) is 0 Å². The predicted octanol–water partition coefficient (Wildman–Crippen LogP) is 2.10. The van der Waals surface area contributed by atoms with Crippen molar-refractivity contribution < 1.29 is 8.78 Å². The first-order chi connectivity index (χ1) is 8.94. The number of alkyl halides is 2. The molecule has 0 amide bonds. The highest BCUT2D eigenvalue weighted by Crippen LogP contribution is 2.36. The fourth-order valence-electron chi connectivity index (χ4n) is 3.07. The molecule has 0 saturated carbocycles. The average Bonchev–Trinajstić information content (AvgIpc) is 2.68. The molecular weight excluding hydrogens is 248 g/mol. The molecule has 1 fully saturated rings. The molecule has 2 aliphatic heterocycles.